The minimum absolute atomic E-state index is 0.484. The molecule has 0 amide bonds. The molecule has 0 heterocycles. The molecule has 0 aromatic heterocycles. The van der Waals surface area contributed by atoms with Crippen LogP contribution in [0, 0.1) is 17.8 Å². The van der Waals surface area contributed by atoms with Gasteiger partial charge >= 0.3 is 0 Å². The van der Waals surface area contributed by atoms with Crippen LogP contribution in [0.2, 0.25) is 0 Å². The van der Waals surface area contributed by atoms with Crippen LogP contribution < -0.4 is 5.32 Å². The van der Waals surface area contributed by atoms with E-state index in [0.29, 0.717) is 6.04 Å². The second-order valence-corrected chi connectivity index (χ2v) is 8.05. The maximum Gasteiger partial charge on any atom is 0.0321 e. The Labute approximate surface area is 132 Å². The molecule has 4 atom stereocenters. The van der Waals surface area contributed by atoms with Gasteiger partial charge in [0.15, 0.2) is 0 Å². The molecule has 2 fully saturated rings. The second-order valence-electron chi connectivity index (χ2n) is 6.21. The minimum atomic E-state index is 0.484. The number of hydrogen-bond acceptors (Lipinski definition) is 1. The summed E-state index contributed by atoms with van der Waals surface area (Å²) in [4.78, 5) is 0. The van der Waals surface area contributed by atoms with Crippen LogP contribution in [0.1, 0.15) is 43.7 Å². The summed E-state index contributed by atoms with van der Waals surface area (Å²) in [5.41, 5.74) is 1.39. The molecule has 1 aromatic carbocycles. The van der Waals surface area contributed by atoms with Gasteiger partial charge in [0.1, 0.15) is 0 Å². The van der Waals surface area contributed by atoms with E-state index in [-0.39, 0.29) is 0 Å². The zero-order chi connectivity index (χ0) is 13.4. The molecule has 1 aromatic rings. The number of hydrogen-bond donors (Lipinski definition) is 1. The summed E-state index contributed by atoms with van der Waals surface area (Å²) < 4.78 is 2.31. The van der Waals surface area contributed by atoms with Crippen molar-refractivity contribution in [2.45, 2.75) is 38.1 Å². The highest BCUT2D eigenvalue weighted by Gasteiger charge is 2.40. The van der Waals surface area contributed by atoms with Crippen LogP contribution in [-0.2, 0) is 0 Å². The van der Waals surface area contributed by atoms with Gasteiger partial charge < -0.3 is 5.32 Å². The van der Waals surface area contributed by atoms with Gasteiger partial charge in [-0.1, -0.05) is 38.3 Å². The fourth-order valence-electron chi connectivity index (χ4n) is 4.16. The third kappa shape index (κ3) is 3.08. The van der Waals surface area contributed by atoms with Gasteiger partial charge in [0.25, 0.3) is 0 Å². The molecule has 2 aliphatic carbocycles. The van der Waals surface area contributed by atoms with Crippen LogP contribution in [0.3, 0.4) is 0 Å². The van der Waals surface area contributed by atoms with Crippen molar-refractivity contribution in [3.8, 4) is 0 Å². The Morgan fingerprint density at radius 1 is 1.16 bits per heavy atom. The van der Waals surface area contributed by atoms with Gasteiger partial charge in [-0.15, -0.1) is 0 Å². The summed E-state index contributed by atoms with van der Waals surface area (Å²) in [6.07, 6.45) is 7.24. The molecular weight excluding hydrogens is 366 g/mol. The lowest BCUT2D eigenvalue weighted by Crippen LogP contribution is -2.22. The predicted octanol–water partition coefficient (Wildman–Crippen LogP) is 5.30. The molecule has 2 saturated carbocycles. The highest BCUT2D eigenvalue weighted by atomic mass is 79.9. The first-order valence-electron chi connectivity index (χ1n) is 7.29. The van der Waals surface area contributed by atoms with E-state index in [4.69, 9.17) is 0 Å². The quantitative estimate of drug-likeness (QED) is 0.740. The van der Waals surface area contributed by atoms with Gasteiger partial charge in [-0.2, -0.15) is 0 Å². The SMILES string of the molecule is CNC(CC1CC2CCC1C2)c1cc(Br)cc(Br)c1. The van der Waals surface area contributed by atoms with E-state index in [1.165, 1.54) is 37.7 Å². The highest BCUT2D eigenvalue weighted by molar-refractivity contribution is 9.11. The fourth-order valence-corrected chi connectivity index (χ4v) is 5.49. The first-order chi connectivity index (χ1) is 9.15. The molecule has 0 radical (unpaired) electrons. The van der Waals surface area contributed by atoms with E-state index in [2.05, 4.69) is 62.4 Å². The second kappa shape index (κ2) is 5.87. The van der Waals surface area contributed by atoms with E-state index in [0.717, 1.165) is 26.7 Å². The molecule has 19 heavy (non-hydrogen) atoms. The number of rotatable bonds is 4. The molecule has 104 valence electrons. The molecule has 3 rings (SSSR count). The van der Waals surface area contributed by atoms with E-state index in [9.17, 15) is 0 Å². The summed E-state index contributed by atoms with van der Waals surface area (Å²) in [7, 11) is 2.09. The van der Waals surface area contributed by atoms with Gasteiger partial charge in [0, 0.05) is 15.0 Å². The highest BCUT2D eigenvalue weighted by Crippen LogP contribution is 2.51. The lowest BCUT2D eigenvalue weighted by molar-refractivity contribution is 0.284. The van der Waals surface area contributed by atoms with Crippen molar-refractivity contribution in [3.63, 3.8) is 0 Å². The molecule has 1 nitrogen and oxygen atoms in total. The molecule has 2 aliphatic rings. The van der Waals surface area contributed by atoms with E-state index < -0.39 is 0 Å². The van der Waals surface area contributed by atoms with Crippen LogP contribution in [0.25, 0.3) is 0 Å². The number of fused-ring (bicyclic) bond motifs is 2. The topological polar surface area (TPSA) is 12.0 Å². The minimum Gasteiger partial charge on any atom is -0.313 e. The maximum atomic E-state index is 3.60. The van der Waals surface area contributed by atoms with Crippen LogP contribution >= 0.6 is 31.9 Å². The van der Waals surface area contributed by atoms with Gasteiger partial charge in [-0.05, 0) is 74.2 Å². The Morgan fingerprint density at radius 3 is 2.42 bits per heavy atom. The Morgan fingerprint density at radius 2 is 1.89 bits per heavy atom. The van der Waals surface area contributed by atoms with Crippen LogP contribution in [0.15, 0.2) is 27.1 Å². The zero-order valence-corrected chi connectivity index (χ0v) is 14.5. The van der Waals surface area contributed by atoms with Crippen molar-refractivity contribution in [2.75, 3.05) is 7.05 Å². The lowest BCUT2D eigenvalue weighted by Gasteiger charge is -2.27. The van der Waals surface area contributed by atoms with Gasteiger partial charge in [0.2, 0.25) is 0 Å². The first kappa shape index (κ1) is 14.1. The van der Waals surface area contributed by atoms with Gasteiger partial charge in [0.05, 0.1) is 0 Å². The zero-order valence-electron chi connectivity index (χ0n) is 11.3. The fraction of sp³-hybridized carbons (Fsp3) is 0.625. The van der Waals surface area contributed by atoms with E-state index in [1.54, 1.807) is 0 Å². The number of benzene rings is 1. The van der Waals surface area contributed by atoms with Crippen molar-refractivity contribution in [1.29, 1.82) is 0 Å². The Balaban J connectivity index is 1.73. The largest absolute Gasteiger partial charge is 0.313 e. The van der Waals surface area contributed by atoms with Crippen LogP contribution in [0.5, 0.6) is 0 Å². The van der Waals surface area contributed by atoms with Crippen molar-refractivity contribution in [3.05, 3.63) is 32.7 Å². The summed E-state index contributed by atoms with van der Waals surface area (Å²) in [6, 6.07) is 7.09. The van der Waals surface area contributed by atoms with E-state index in [1.807, 2.05) is 0 Å². The first-order valence-corrected chi connectivity index (χ1v) is 8.87. The third-order valence-corrected chi connectivity index (χ3v) is 5.97. The average Bonchev–Trinajstić information content (AvgIpc) is 2.96. The average molecular weight is 387 g/mol. The molecule has 0 spiro atoms. The summed E-state index contributed by atoms with van der Waals surface area (Å²) in [5.74, 6) is 2.99. The number of halogens is 2. The lowest BCUT2D eigenvalue weighted by atomic mass is 9.83. The number of nitrogens with one attached hydrogen (secondary N) is 1. The summed E-state index contributed by atoms with van der Waals surface area (Å²) in [6.45, 7) is 0. The van der Waals surface area contributed by atoms with Gasteiger partial charge in [-0.25, -0.2) is 0 Å². The molecule has 4 unspecified atom stereocenters. The third-order valence-electron chi connectivity index (χ3n) is 5.06. The Kier molecular flexibility index (Phi) is 4.35. The van der Waals surface area contributed by atoms with Crippen molar-refractivity contribution in [2.24, 2.45) is 17.8 Å². The smallest absolute Gasteiger partial charge is 0.0321 e. The monoisotopic (exact) mass is 385 g/mol. The normalized spacial score (nSPS) is 30.8. The van der Waals surface area contributed by atoms with Crippen LogP contribution in [0.4, 0.5) is 0 Å². The Bertz CT molecular complexity index is 440. The van der Waals surface area contributed by atoms with Crippen LogP contribution in [-0.4, -0.2) is 7.05 Å². The van der Waals surface area contributed by atoms with Crippen molar-refractivity contribution >= 4 is 31.9 Å². The molecule has 3 heteroatoms. The molecule has 1 N–H and O–H groups in total. The van der Waals surface area contributed by atoms with Gasteiger partial charge in [-0.3, -0.25) is 0 Å². The van der Waals surface area contributed by atoms with Crippen molar-refractivity contribution in [1.82, 2.24) is 5.32 Å². The standard InChI is InChI=1S/C16H21Br2N/c1-19-16(13-6-14(17)9-15(18)7-13)8-12-5-10-2-3-11(12)4-10/h6-7,9-12,16,19H,2-5,8H2,1H3. The Hall–Kier alpha value is 0.140. The van der Waals surface area contributed by atoms with E-state index >= 15 is 0 Å². The molecule has 2 bridgehead atoms. The maximum absolute atomic E-state index is 3.60. The molecular formula is C16H21Br2N. The summed E-state index contributed by atoms with van der Waals surface area (Å²) in [5, 5.41) is 3.52. The predicted molar refractivity (Wildman–Crippen MR) is 87.2 cm³/mol. The van der Waals surface area contributed by atoms with Crippen molar-refractivity contribution < 1.29 is 0 Å². The molecule has 0 aliphatic heterocycles. The molecule has 0 saturated heterocycles. The summed E-state index contributed by atoms with van der Waals surface area (Å²) >= 11 is 7.20.